The fraction of sp³-hybridized carbons (Fsp3) is 0.562. The van der Waals surface area contributed by atoms with Gasteiger partial charge in [0, 0.05) is 5.82 Å². The largest absolute Gasteiger partial charge is 0.481 e. The summed E-state index contributed by atoms with van der Waals surface area (Å²) in [5.41, 5.74) is -2.03. The maximum absolute atomic E-state index is 12.9. The minimum atomic E-state index is -4.58. The molecule has 0 aromatic heterocycles. The molecule has 2 rings (SSSR count). The van der Waals surface area contributed by atoms with Crippen LogP contribution in [0.2, 0.25) is 5.02 Å². The molecule has 0 saturated carbocycles. The molecule has 138 valence electrons. The smallest absolute Gasteiger partial charge is 0.466 e. The van der Waals surface area contributed by atoms with E-state index in [2.05, 4.69) is 0 Å². The van der Waals surface area contributed by atoms with Crippen molar-refractivity contribution in [3.63, 3.8) is 0 Å². The van der Waals surface area contributed by atoms with Crippen LogP contribution in [0.25, 0.3) is 0 Å². The monoisotopic (exact) mass is 378 g/mol. The van der Waals surface area contributed by atoms with E-state index in [0.29, 0.717) is 5.56 Å². The summed E-state index contributed by atoms with van der Waals surface area (Å²) >= 11 is 5.76. The third-order valence-corrected chi connectivity index (χ3v) is 5.03. The van der Waals surface area contributed by atoms with E-state index >= 15 is 0 Å². The number of benzene rings is 1. The highest BCUT2D eigenvalue weighted by Crippen LogP contribution is 2.43. The van der Waals surface area contributed by atoms with Crippen LogP contribution in [0.5, 0.6) is 0 Å². The summed E-state index contributed by atoms with van der Waals surface area (Å²) < 4.78 is 50.3. The number of alkyl halides is 3. The molecule has 1 aliphatic heterocycles. The van der Waals surface area contributed by atoms with Gasteiger partial charge in [0.05, 0.1) is 28.2 Å². The minimum Gasteiger partial charge on any atom is -0.481 e. The van der Waals surface area contributed by atoms with Gasteiger partial charge in [-0.2, -0.15) is 13.2 Å². The molecule has 0 radical (unpaired) electrons. The van der Waals surface area contributed by atoms with Crippen LogP contribution in [0.3, 0.4) is 0 Å². The van der Waals surface area contributed by atoms with Crippen molar-refractivity contribution in [1.82, 2.24) is 0 Å². The highest BCUT2D eigenvalue weighted by Gasteiger charge is 2.54. The number of carboxylic acid groups (broad SMARTS) is 1. The first-order valence-corrected chi connectivity index (χ1v) is 8.06. The lowest BCUT2D eigenvalue weighted by Crippen LogP contribution is -2.41. The van der Waals surface area contributed by atoms with Crippen LogP contribution in [-0.2, 0) is 20.3 Å². The molecule has 1 heterocycles. The van der Waals surface area contributed by atoms with Gasteiger partial charge >= 0.3 is 19.3 Å². The average Bonchev–Trinajstić information content (AvgIpc) is 2.62. The zero-order valence-corrected chi connectivity index (χ0v) is 15.0. The maximum atomic E-state index is 12.9. The molecule has 1 aromatic carbocycles. The molecule has 1 fully saturated rings. The second kappa shape index (κ2) is 6.48. The van der Waals surface area contributed by atoms with E-state index < -0.39 is 46.9 Å². The summed E-state index contributed by atoms with van der Waals surface area (Å²) in [7, 11) is -0.908. The van der Waals surface area contributed by atoms with Crippen molar-refractivity contribution in [3.05, 3.63) is 34.3 Å². The summed E-state index contributed by atoms with van der Waals surface area (Å²) in [5.74, 6) is -1.91. The van der Waals surface area contributed by atoms with Gasteiger partial charge in [-0.1, -0.05) is 17.7 Å². The Morgan fingerprint density at radius 3 is 2.16 bits per heavy atom. The van der Waals surface area contributed by atoms with Crippen LogP contribution in [0.4, 0.5) is 13.2 Å². The van der Waals surface area contributed by atoms with Crippen LogP contribution in [-0.4, -0.2) is 29.4 Å². The number of halogens is 4. The normalized spacial score (nSPS) is 20.6. The van der Waals surface area contributed by atoms with Gasteiger partial charge < -0.3 is 14.4 Å². The van der Waals surface area contributed by atoms with Crippen molar-refractivity contribution in [3.8, 4) is 0 Å². The first kappa shape index (κ1) is 20.1. The number of carboxylic acids is 1. The SMILES string of the molecule is CC1(C)OB(C(CC(=O)O)c2ccc(C(F)(F)F)c(Cl)c2)OC1(C)C. The number of aliphatic carboxylic acids is 1. The molecule has 4 nitrogen and oxygen atoms in total. The van der Waals surface area contributed by atoms with E-state index in [1.54, 1.807) is 0 Å². The Bertz CT molecular complexity index is 660. The fourth-order valence-electron chi connectivity index (χ4n) is 2.60. The lowest BCUT2D eigenvalue weighted by Gasteiger charge is -2.32. The van der Waals surface area contributed by atoms with Crippen molar-refractivity contribution in [2.24, 2.45) is 0 Å². The van der Waals surface area contributed by atoms with E-state index in [4.69, 9.17) is 20.9 Å². The van der Waals surface area contributed by atoms with Crippen molar-refractivity contribution in [1.29, 1.82) is 0 Å². The Hall–Kier alpha value is -1.25. The maximum Gasteiger partial charge on any atom is 0.466 e. The standard InChI is InChI=1S/C16H19BClF3O4/c1-14(2)15(3,4)25-17(24-14)11(8-13(22)23)9-5-6-10(12(18)7-9)16(19,20)21/h5-7,11H,8H2,1-4H3,(H,22,23). The van der Waals surface area contributed by atoms with Crippen molar-refractivity contribution in [2.45, 2.75) is 57.3 Å². The second-order valence-corrected chi connectivity index (χ2v) is 7.47. The van der Waals surface area contributed by atoms with Gasteiger partial charge in [0.1, 0.15) is 0 Å². The minimum absolute atomic E-state index is 0.318. The van der Waals surface area contributed by atoms with Crippen LogP contribution in [0.1, 0.15) is 51.1 Å². The predicted octanol–water partition coefficient (Wildman–Crippen LogP) is 4.55. The molecule has 0 spiro atoms. The van der Waals surface area contributed by atoms with Gasteiger partial charge in [-0.15, -0.1) is 0 Å². The fourth-order valence-corrected chi connectivity index (χ4v) is 2.90. The molecule has 0 aliphatic carbocycles. The Morgan fingerprint density at radius 1 is 1.24 bits per heavy atom. The van der Waals surface area contributed by atoms with Crippen molar-refractivity contribution in [2.75, 3.05) is 0 Å². The van der Waals surface area contributed by atoms with Gasteiger partial charge in [-0.05, 0) is 45.4 Å². The van der Waals surface area contributed by atoms with Crippen LogP contribution in [0.15, 0.2) is 18.2 Å². The zero-order valence-electron chi connectivity index (χ0n) is 14.3. The molecule has 0 amide bonds. The number of hydrogen-bond acceptors (Lipinski definition) is 3. The molecule has 1 aromatic rings. The average molecular weight is 379 g/mol. The molecule has 1 N–H and O–H groups in total. The number of carbonyl (C=O) groups is 1. The van der Waals surface area contributed by atoms with Gasteiger partial charge in [0.25, 0.3) is 0 Å². The summed E-state index contributed by atoms with van der Waals surface area (Å²) in [6, 6.07) is 3.19. The predicted molar refractivity (Wildman–Crippen MR) is 87.5 cm³/mol. The van der Waals surface area contributed by atoms with Gasteiger partial charge in [0.2, 0.25) is 0 Å². The lowest BCUT2D eigenvalue weighted by molar-refractivity contribution is -0.138. The molecular weight excluding hydrogens is 359 g/mol. The van der Waals surface area contributed by atoms with E-state index in [0.717, 1.165) is 12.1 Å². The van der Waals surface area contributed by atoms with E-state index in [9.17, 15) is 23.1 Å². The van der Waals surface area contributed by atoms with Crippen molar-refractivity contribution >= 4 is 24.7 Å². The number of hydrogen-bond donors (Lipinski definition) is 1. The molecular formula is C16H19BClF3O4. The topological polar surface area (TPSA) is 55.8 Å². The second-order valence-electron chi connectivity index (χ2n) is 7.07. The summed E-state index contributed by atoms with van der Waals surface area (Å²) in [5, 5.41) is 8.71. The zero-order chi connectivity index (χ0) is 19.2. The van der Waals surface area contributed by atoms with E-state index in [1.807, 2.05) is 27.7 Å². The highest BCUT2D eigenvalue weighted by atomic mass is 35.5. The summed E-state index contributed by atoms with van der Waals surface area (Å²) in [6.45, 7) is 7.24. The molecule has 1 atom stereocenters. The van der Waals surface area contributed by atoms with Gasteiger partial charge in [0.15, 0.2) is 0 Å². The molecule has 1 unspecified atom stereocenters. The van der Waals surface area contributed by atoms with Crippen LogP contribution in [0, 0.1) is 0 Å². The first-order chi connectivity index (χ1) is 11.2. The molecule has 0 bridgehead atoms. The molecule has 1 saturated heterocycles. The highest BCUT2D eigenvalue weighted by molar-refractivity contribution is 6.48. The lowest BCUT2D eigenvalue weighted by atomic mass is 9.66. The molecule has 9 heteroatoms. The Kier molecular flexibility index (Phi) is 5.21. The van der Waals surface area contributed by atoms with Crippen LogP contribution >= 0.6 is 11.6 Å². The Morgan fingerprint density at radius 2 is 1.76 bits per heavy atom. The Labute approximate surface area is 149 Å². The summed E-state index contributed by atoms with van der Waals surface area (Å²) in [6.07, 6.45) is -4.94. The third-order valence-electron chi connectivity index (χ3n) is 4.72. The van der Waals surface area contributed by atoms with Crippen molar-refractivity contribution < 1.29 is 32.4 Å². The first-order valence-electron chi connectivity index (χ1n) is 7.69. The summed E-state index contributed by atoms with van der Waals surface area (Å²) in [4.78, 5) is 11.2. The van der Waals surface area contributed by atoms with Gasteiger partial charge in [-0.25, -0.2) is 0 Å². The van der Waals surface area contributed by atoms with E-state index in [1.165, 1.54) is 6.07 Å². The number of rotatable bonds is 4. The van der Waals surface area contributed by atoms with Crippen LogP contribution < -0.4 is 0 Å². The Balaban J connectivity index is 2.40. The quantitative estimate of drug-likeness (QED) is 0.781. The third kappa shape index (κ3) is 4.12. The molecule has 1 aliphatic rings. The molecule has 25 heavy (non-hydrogen) atoms. The van der Waals surface area contributed by atoms with Gasteiger partial charge in [-0.3, -0.25) is 4.79 Å². The van der Waals surface area contributed by atoms with E-state index in [-0.39, 0.29) is 6.42 Å².